The molecule has 150 valence electrons. The molecule has 0 radical (unpaired) electrons. The first-order valence-electron chi connectivity index (χ1n) is 10.5. The van der Waals surface area contributed by atoms with E-state index < -0.39 is 5.41 Å². The third kappa shape index (κ3) is 1.98. The van der Waals surface area contributed by atoms with Gasteiger partial charge in [0.15, 0.2) is 23.0 Å². The van der Waals surface area contributed by atoms with E-state index in [0.717, 1.165) is 24.0 Å². The Bertz CT molecular complexity index is 872. The van der Waals surface area contributed by atoms with Crippen LogP contribution in [-0.4, -0.2) is 47.6 Å². The predicted molar refractivity (Wildman–Crippen MR) is 106 cm³/mol. The average molecular weight is 383 g/mol. The fourth-order valence-electron chi connectivity index (χ4n) is 6.78. The Morgan fingerprint density at radius 2 is 1.96 bits per heavy atom. The average Bonchev–Trinajstić information content (AvgIpc) is 3.04. The van der Waals surface area contributed by atoms with Crippen LogP contribution in [0.25, 0.3) is 0 Å². The van der Waals surface area contributed by atoms with Crippen molar-refractivity contribution >= 4 is 5.78 Å². The second-order valence-corrected chi connectivity index (χ2v) is 8.79. The van der Waals surface area contributed by atoms with Gasteiger partial charge in [0, 0.05) is 29.5 Å². The molecule has 1 spiro atoms. The summed E-state index contributed by atoms with van der Waals surface area (Å²) in [4.78, 5) is 15.6. The molecule has 1 aliphatic heterocycles. The molecule has 3 aliphatic carbocycles. The molecule has 1 saturated heterocycles. The summed E-state index contributed by atoms with van der Waals surface area (Å²) in [5, 5.41) is 11.2. The minimum atomic E-state index is -0.439. The smallest absolute Gasteiger partial charge is 0.198 e. The number of fused-ring (bicyclic) bond motifs is 2. The number of methoxy groups -OCH3 is 2. The second kappa shape index (κ2) is 5.99. The lowest BCUT2D eigenvalue weighted by molar-refractivity contribution is -0.121. The van der Waals surface area contributed by atoms with Crippen LogP contribution >= 0.6 is 0 Å². The van der Waals surface area contributed by atoms with Gasteiger partial charge in [-0.2, -0.15) is 0 Å². The molecule has 5 nitrogen and oxygen atoms in total. The first-order valence-corrected chi connectivity index (χ1v) is 10.5. The lowest BCUT2D eigenvalue weighted by atomic mass is 9.56. The summed E-state index contributed by atoms with van der Waals surface area (Å²) >= 11 is 0. The zero-order chi connectivity index (χ0) is 19.7. The number of benzene rings is 1. The number of phenols is 1. The Morgan fingerprint density at radius 1 is 1.21 bits per heavy atom. The molecule has 1 N–H and O–H groups in total. The van der Waals surface area contributed by atoms with E-state index in [2.05, 4.69) is 24.0 Å². The first-order chi connectivity index (χ1) is 13.5. The summed E-state index contributed by atoms with van der Waals surface area (Å²) < 4.78 is 10.9. The third-order valence-corrected chi connectivity index (χ3v) is 7.94. The zero-order valence-electron chi connectivity index (χ0n) is 17.0. The van der Waals surface area contributed by atoms with Crippen LogP contribution in [0.5, 0.6) is 11.5 Å². The third-order valence-electron chi connectivity index (χ3n) is 7.94. The molecule has 4 aliphatic rings. The number of rotatable bonds is 4. The van der Waals surface area contributed by atoms with Gasteiger partial charge in [-0.1, -0.05) is 25.8 Å². The van der Waals surface area contributed by atoms with Crippen LogP contribution in [0.1, 0.15) is 56.6 Å². The highest BCUT2D eigenvalue weighted by molar-refractivity contribution is 5.97. The minimum absolute atomic E-state index is 0.0297. The number of Topliss-reactive ketones (excluding diaryl/α,β-unsaturated/α-hetero) is 1. The van der Waals surface area contributed by atoms with Gasteiger partial charge in [0.25, 0.3) is 0 Å². The SMILES string of the molecule is CC[C@@]12CC(=O)C(OC)=CC13C(Cc1ccc(OC)c(O)c12)N3C1CCCC1. The zero-order valence-corrected chi connectivity index (χ0v) is 17.0. The maximum absolute atomic E-state index is 13.0. The highest BCUT2D eigenvalue weighted by Crippen LogP contribution is 2.68. The molecule has 1 heterocycles. The van der Waals surface area contributed by atoms with Crippen molar-refractivity contribution in [1.29, 1.82) is 0 Å². The summed E-state index contributed by atoms with van der Waals surface area (Å²) in [5.41, 5.74) is 1.40. The highest BCUT2D eigenvalue weighted by Gasteiger charge is 2.77. The number of hydrogen-bond donors (Lipinski definition) is 1. The number of ketones is 1. The molecule has 28 heavy (non-hydrogen) atoms. The van der Waals surface area contributed by atoms with E-state index in [-0.39, 0.29) is 17.1 Å². The van der Waals surface area contributed by atoms with Crippen molar-refractivity contribution in [1.82, 2.24) is 4.90 Å². The quantitative estimate of drug-likeness (QED) is 0.807. The Morgan fingerprint density at radius 3 is 2.61 bits per heavy atom. The molecule has 1 aromatic rings. The van der Waals surface area contributed by atoms with E-state index >= 15 is 0 Å². The van der Waals surface area contributed by atoms with Gasteiger partial charge >= 0.3 is 0 Å². The molecule has 0 amide bonds. The van der Waals surface area contributed by atoms with Crippen molar-refractivity contribution in [2.45, 2.75) is 74.9 Å². The number of hydrogen-bond acceptors (Lipinski definition) is 5. The van der Waals surface area contributed by atoms with Crippen LogP contribution in [-0.2, 0) is 21.4 Å². The number of carbonyl (C=O) groups excluding carboxylic acids is 1. The second-order valence-electron chi connectivity index (χ2n) is 8.79. The monoisotopic (exact) mass is 383 g/mol. The molecule has 0 aromatic heterocycles. The van der Waals surface area contributed by atoms with Crippen LogP contribution in [0, 0.1) is 0 Å². The number of nitrogens with zero attached hydrogens (tertiary/aromatic N) is 1. The standard InChI is InChI=1S/C23H29NO4/c1-4-22-12-16(25)18(28-3)13-23(22)19(24(23)15-7-5-6-8-15)11-14-9-10-17(27-2)21(26)20(14)22/h9-10,13,15,19,26H,4-8,11-12H2,1-3H3/t19?,22-,23?,24?/m0/s1. The summed E-state index contributed by atoms with van der Waals surface area (Å²) in [6.07, 6.45) is 9.14. The van der Waals surface area contributed by atoms with Crippen molar-refractivity contribution in [3.8, 4) is 11.5 Å². The Kier molecular flexibility index (Phi) is 3.86. The topological polar surface area (TPSA) is 58.8 Å². The lowest BCUT2D eigenvalue weighted by Crippen LogP contribution is -2.52. The summed E-state index contributed by atoms with van der Waals surface area (Å²) in [6.45, 7) is 2.15. The van der Waals surface area contributed by atoms with Gasteiger partial charge < -0.3 is 14.6 Å². The summed E-state index contributed by atoms with van der Waals surface area (Å²) in [5.74, 6) is 1.21. The molecule has 0 bridgehead atoms. The van der Waals surface area contributed by atoms with E-state index in [1.54, 1.807) is 14.2 Å². The minimum Gasteiger partial charge on any atom is -0.504 e. The summed E-state index contributed by atoms with van der Waals surface area (Å²) in [6, 6.07) is 4.86. The van der Waals surface area contributed by atoms with E-state index in [0.29, 0.717) is 30.0 Å². The lowest BCUT2D eigenvalue weighted by Gasteiger charge is -2.46. The number of carbonyl (C=O) groups is 1. The normalized spacial score (nSPS) is 36.2. The first kappa shape index (κ1) is 18.0. The number of aromatic hydroxyl groups is 1. The maximum atomic E-state index is 13.0. The molecule has 1 saturated carbocycles. The molecule has 5 rings (SSSR count). The van der Waals surface area contributed by atoms with Crippen molar-refractivity contribution in [2.24, 2.45) is 0 Å². The Labute approximate surface area is 166 Å². The van der Waals surface area contributed by atoms with Crippen LogP contribution in [0.2, 0.25) is 0 Å². The van der Waals surface area contributed by atoms with Gasteiger partial charge in [-0.25, -0.2) is 0 Å². The van der Waals surface area contributed by atoms with Gasteiger partial charge in [0.05, 0.1) is 19.8 Å². The van der Waals surface area contributed by atoms with Crippen molar-refractivity contribution in [3.05, 3.63) is 35.1 Å². The van der Waals surface area contributed by atoms with E-state index in [1.807, 2.05) is 6.07 Å². The fourth-order valence-corrected chi connectivity index (χ4v) is 6.78. The van der Waals surface area contributed by atoms with Crippen LogP contribution in [0.15, 0.2) is 24.0 Å². The van der Waals surface area contributed by atoms with E-state index in [1.165, 1.54) is 25.7 Å². The summed E-state index contributed by atoms with van der Waals surface area (Å²) in [7, 11) is 3.17. The number of allylic oxidation sites excluding steroid dienone is 1. The molecule has 1 aromatic carbocycles. The number of phenolic OH excluding ortho intramolecular Hbond substituents is 1. The molecule has 5 heteroatoms. The van der Waals surface area contributed by atoms with Gasteiger partial charge in [0.2, 0.25) is 0 Å². The molecule has 4 atom stereocenters. The largest absolute Gasteiger partial charge is 0.504 e. The predicted octanol–water partition coefficient (Wildman–Crippen LogP) is 3.47. The van der Waals surface area contributed by atoms with Crippen molar-refractivity contribution in [2.75, 3.05) is 14.2 Å². The van der Waals surface area contributed by atoms with Gasteiger partial charge in [-0.05, 0) is 43.4 Å². The number of ether oxygens (including phenoxy) is 2. The highest BCUT2D eigenvalue weighted by atomic mass is 16.5. The van der Waals surface area contributed by atoms with Crippen molar-refractivity contribution in [3.63, 3.8) is 0 Å². The Hall–Kier alpha value is -2.01. The van der Waals surface area contributed by atoms with Crippen molar-refractivity contribution < 1.29 is 19.4 Å². The van der Waals surface area contributed by atoms with Crippen LogP contribution < -0.4 is 4.74 Å². The van der Waals surface area contributed by atoms with Gasteiger partial charge in [0.1, 0.15) is 0 Å². The molecular formula is C23H29NO4. The molecule has 3 unspecified atom stereocenters. The van der Waals surface area contributed by atoms with Gasteiger partial charge in [-0.15, -0.1) is 0 Å². The Balaban J connectivity index is 1.76. The van der Waals surface area contributed by atoms with E-state index in [4.69, 9.17) is 9.47 Å². The van der Waals surface area contributed by atoms with Gasteiger partial charge in [-0.3, -0.25) is 9.69 Å². The van der Waals surface area contributed by atoms with E-state index in [9.17, 15) is 9.90 Å². The maximum Gasteiger partial charge on any atom is 0.198 e. The van der Waals surface area contributed by atoms with Crippen LogP contribution in [0.3, 0.4) is 0 Å². The fraction of sp³-hybridized carbons (Fsp3) is 0.609. The molecular weight excluding hydrogens is 354 g/mol. The van der Waals surface area contributed by atoms with Crippen LogP contribution in [0.4, 0.5) is 0 Å². The molecule has 2 fully saturated rings.